The highest BCUT2D eigenvalue weighted by molar-refractivity contribution is 5.87. The molecule has 0 amide bonds. The molecule has 0 unspecified atom stereocenters. The molecule has 0 aliphatic heterocycles. The molecule has 2 N–H and O–H groups in total. The van der Waals surface area contributed by atoms with Crippen LogP contribution in [0.4, 0.5) is 0 Å². The number of hydrogen-bond acceptors (Lipinski definition) is 3. The van der Waals surface area contributed by atoms with Crippen LogP contribution in [0.3, 0.4) is 0 Å². The molecular weight excluding hydrogens is 166 g/mol. The van der Waals surface area contributed by atoms with E-state index < -0.39 is 0 Å². The standard InChI is InChI=1S/C10H9NO2/c1-6-8(12)5-7-3-2-4-11-9(7)10(6)13/h2-5,12-13H,1H3. The molecule has 0 radical (unpaired) electrons. The Labute approximate surface area is 75.3 Å². The lowest BCUT2D eigenvalue weighted by molar-refractivity contribution is 0.447. The first kappa shape index (κ1) is 7.86. The van der Waals surface area contributed by atoms with Crippen molar-refractivity contribution in [1.29, 1.82) is 0 Å². The number of nitrogens with zero attached hydrogens (tertiary/aromatic N) is 1. The molecule has 0 fully saturated rings. The molecule has 0 aliphatic rings. The van der Waals surface area contributed by atoms with Crippen LogP contribution in [0, 0.1) is 6.92 Å². The van der Waals surface area contributed by atoms with E-state index in [0.29, 0.717) is 11.1 Å². The second-order valence-corrected chi connectivity index (χ2v) is 2.94. The van der Waals surface area contributed by atoms with E-state index >= 15 is 0 Å². The molecule has 0 atom stereocenters. The predicted octanol–water partition coefficient (Wildman–Crippen LogP) is 1.95. The summed E-state index contributed by atoms with van der Waals surface area (Å²) in [5, 5.41) is 19.8. The fourth-order valence-corrected chi connectivity index (χ4v) is 1.29. The lowest BCUT2D eigenvalue weighted by atomic mass is 10.1. The molecule has 1 heterocycles. The minimum atomic E-state index is 0.0515. The molecule has 0 saturated carbocycles. The van der Waals surface area contributed by atoms with Crippen LogP contribution < -0.4 is 0 Å². The van der Waals surface area contributed by atoms with E-state index in [-0.39, 0.29) is 11.5 Å². The second-order valence-electron chi connectivity index (χ2n) is 2.94. The van der Waals surface area contributed by atoms with Crippen LogP contribution >= 0.6 is 0 Å². The zero-order chi connectivity index (χ0) is 9.42. The van der Waals surface area contributed by atoms with Crippen molar-refractivity contribution in [3.8, 4) is 11.5 Å². The number of phenolic OH excluding ortho intramolecular Hbond substituents is 2. The first-order valence-electron chi connectivity index (χ1n) is 3.96. The van der Waals surface area contributed by atoms with Gasteiger partial charge in [0, 0.05) is 17.1 Å². The summed E-state index contributed by atoms with van der Waals surface area (Å²) in [7, 11) is 0. The highest BCUT2D eigenvalue weighted by Crippen LogP contribution is 2.32. The summed E-state index contributed by atoms with van der Waals surface area (Å²) < 4.78 is 0. The van der Waals surface area contributed by atoms with Crippen LogP contribution in [0.25, 0.3) is 10.9 Å². The molecule has 0 saturated heterocycles. The SMILES string of the molecule is Cc1c(O)cc2cccnc2c1O. The van der Waals surface area contributed by atoms with Crippen molar-refractivity contribution in [2.45, 2.75) is 6.92 Å². The van der Waals surface area contributed by atoms with Gasteiger partial charge in [0.1, 0.15) is 17.0 Å². The summed E-state index contributed by atoms with van der Waals surface area (Å²) in [4.78, 5) is 4.02. The van der Waals surface area contributed by atoms with Crippen molar-refractivity contribution in [2.24, 2.45) is 0 Å². The van der Waals surface area contributed by atoms with Crippen molar-refractivity contribution in [2.75, 3.05) is 0 Å². The molecular formula is C10H9NO2. The summed E-state index contributed by atoms with van der Waals surface area (Å²) in [5.41, 5.74) is 0.990. The Kier molecular flexibility index (Phi) is 1.59. The maximum absolute atomic E-state index is 9.62. The van der Waals surface area contributed by atoms with Gasteiger partial charge in [-0.05, 0) is 19.1 Å². The number of rotatable bonds is 0. The average molecular weight is 175 g/mol. The number of aromatic hydroxyl groups is 2. The number of aromatic nitrogens is 1. The maximum atomic E-state index is 9.62. The normalized spacial score (nSPS) is 10.5. The third-order valence-electron chi connectivity index (χ3n) is 2.09. The van der Waals surface area contributed by atoms with Gasteiger partial charge in [-0.15, -0.1) is 0 Å². The molecule has 0 aliphatic carbocycles. The Balaban J connectivity index is 2.94. The number of phenols is 2. The first-order valence-corrected chi connectivity index (χ1v) is 3.96. The Bertz CT molecular complexity index is 466. The first-order chi connectivity index (χ1) is 6.20. The number of pyridine rings is 1. The van der Waals surface area contributed by atoms with Gasteiger partial charge in [-0.25, -0.2) is 0 Å². The van der Waals surface area contributed by atoms with Crippen LogP contribution in [0.1, 0.15) is 5.56 Å². The van der Waals surface area contributed by atoms with E-state index in [0.717, 1.165) is 5.39 Å². The molecule has 0 spiro atoms. The third kappa shape index (κ3) is 1.09. The molecule has 1 aromatic heterocycles. The Morgan fingerprint density at radius 1 is 1.31 bits per heavy atom. The monoisotopic (exact) mass is 175 g/mol. The van der Waals surface area contributed by atoms with Crippen molar-refractivity contribution in [3.05, 3.63) is 30.0 Å². The maximum Gasteiger partial charge on any atom is 0.148 e. The lowest BCUT2D eigenvalue weighted by Gasteiger charge is -2.04. The molecule has 13 heavy (non-hydrogen) atoms. The highest BCUT2D eigenvalue weighted by Gasteiger charge is 2.07. The van der Waals surface area contributed by atoms with Crippen LogP contribution in [-0.2, 0) is 0 Å². The summed E-state index contributed by atoms with van der Waals surface area (Å²) in [6, 6.07) is 5.15. The molecule has 1 aromatic carbocycles. The fraction of sp³-hybridized carbons (Fsp3) is 0.100. The highest BCUT2D eigenvalue weighted by atomic mass is 16.3. The Hall–Kier alpha value is -1.77. The van der Waals surface area contributed by atoms with Gasteiger partial charge < -0.3 is 10.2 Å². The quantitative estimate of drug-likeness (QED) is 0.643. The van der Waals surface area contributed by atoms with Gasteiger partial charge in [0.25, 0.3) is 0 Å². The van der Waals surface area contributed by atoms with E-state index in [4.69, 9.17) is 0 Å². The van der Waals surface area contributed by atoms with Crippen LogP contribution in [0.2, 0.25) is 0 Å². The van der Waals surface area contributed by atoms with Gasteiger partial charge >= 0.3 is 0 Å². The van der Waals surface area contributed by atoms with E-state index in [1.165, 1.54) is 0 Å². The summed E-state index contributed by atoms with van der Waals surface area (Å²) in [6.07, 6.45) is 1.61. The van der Waals surface area contributed by atoms with Crippen molar-refractivity contribution in [3.63, 3.8) is 0 Å². The van der Waals surface area contributed by atoms with E-state index in [1.807, 2.05) is 0 Å². The Morgan fingerprint density at radius 3 is 2.85 bits per heavy atom. The summed E-state index contributed by atoms with van der Waals surface area (Å²) in [5.74, 6) is 0.147. The average Bonchev–Trinajstić information content (AvgIpc) is 2.15. The van der Waals surface area contributed by atoms with Gasteiger partial charge in [0.15, 0.2) is 0 Å². The van der Waals surface area contributed by atoms with Crippen molar-refractivity contribution in [1.82, 2.24) is 4.98 Å². The minimum absolute atomic E-state index is 0.0515. The van der Waals surface area contributed by atoms with Gasteiger partial charge in [0.2, 0.25) is 0 Å². The van der Waals surface area contributed by atoms with Crippen molar-refractivity contribution >= 4 is 10.9 Å². The number of benzene rings is 1. The minimum Gasteiger partial charge on any atom is -0.508 e. The molecule has 2 rings (SSSR count). The topological polar surface area (TPSA) is 53.4 Å². The van der Waals surface area contributed by atoms with Gasteiger partial charge in [-0.2, -0.15) is 0 Å². The molecule has 3 heteroatoms. The molecule has 2 aromatic rings. The second kappa shape index (κ2) is 2.62. The van der Waals surface area contributed by atoms with Crippen molar-refractivity contribution < 1.29 is 10.2 Å². The third-order valence-corrected chi connectivity index (χ3v) is 2.09. The number of hydrogen-bond donors (Lipinski definition) is 2. The predicted molar refractivity (Wildman–Crippen MR) is 49.8 cm³/mol. The van der Waals surface area contributed by atoms with E-state index in [1.54, 1.807) is 31.3 Å². The summed E-state index contributed by atoms with van der Waals surface area (Å²) >= 11 is 0. The van der Waals surface area contributed by atoms with E-state index in [2.05, 4.69) is 4.98 Å². The van der Waals surface area contributed by atoms with Gasteiger partial charge in [-0.1, -0.05) is 6.07 Å². The van der Waals surface area contributed by atoms with Gasteiger partial charge in [0.05, 0.1) is 0 Å². The van der Waals surface area contributed by atoms with Crippen LogP contribution in [0.15, 0.2) is 24.4 Å². The molecule has 66 valence electrons. The van der Waals surface area contributed by atoms with E-state index in [9.17, 15) is 10.2 Å². The smallest absolute Gasteiger partial charge is 0.148 e. The molecule has 0 bridgehead atoms. The van der Waals surface area contributed by atoms with Crippen LogP contribution in [-0.4, -0.2) is 15.2 Å². The zero-order valence-electron chi connectivity index (χ0n) is 7.15. The summed E-state index contributed by atoms with van der Waals surface area (Å²) in [6.45, 7) is 1.65. The zero-order valence-corrected chi connectivity index (χ0v) is 7.15. The Morgan fingerprint density at radius 2 is 2.08 bits per heavy atom. The largest absolute Gasteiger partial charge is 0.508 e. The molecule has 3 nitrogen and oxygen atoms in total. The van der Waals surface area contributed by atoms with Gasteiger partial charge in [-0.3, -0.25) is 4.98 Å². The number of fused-ring (bicyclic) bond motifs is 1. The lowest BCUT2D eigenvalue weighted by Crippen LogP contribution is -1.83. The fourth-order valence-electron chi connectivity index (χ4n) is 1.29. The van der Waals surface area contributed by atoms with Crippen LogP contribution in [0.5, 0.6) is 11.5 Å².